The van der Waals surface area contributed by atoms with E-state index in [2.05, 4.69) is 11.7 Å². The number of nitrogens with two attached hydrogens (primary N) is 1. The van der Waals surface area contributed by atoms with Gasteiger partial charge in [-0.3, -0.25) is 4.79 Å². The van der Waals surface area contributed by atoms with Gasteiger partial charge in [-0.15, -0.1) is 0 Å². The Hall–Kier alpha value is -0.570. The first-order valence-corrected chi connectivity index (χ1v) is 6.88. The third-order valence-electron chi connectivity index (χ3n) is 2.18. The zero-order chi connectivity index (χ0) is 13.5. The maximum atomic E-state index is 10.1. The van der Waals surface area contributed by atoms with Gasteiger partial charge in [0.1, 0.15) is 0 Å². The molecule has 2 N–H and O–H groups in total. The van der Waals surface area contributed by atoms with Crippen LogP contribution < -0.4 is 5.73 Å². The number of esters is 1. The van der Waals surface area contributed by atoms with Crippen molar-refractivity contribution in [3.05, 3.63) is 0 Å². The lowest BCUT2D eigenvalue weighted by Crippen LogP contribution is -2.05. The molecule has 0 heterocycles. The van der Waals surface area contributed by atoms with E-state index in [1.54, 1.807) is 0 Å². The summed E-state index contributed by atoms with van der Waals surface area (Å²) in [4.78, 5) is 10.1. The number of rotatable bonds is 8. The standard InChI is InChI=1S/C8H19N.C6H12O2/c1-2-3-4-5-6-7-8-9;1-5(2)4-8-6(3)7/h2-9H2,1H3;5H,4H2,1-3H3. The summed E-state index contributed by atoms with van der Waals surface area (Å²) in [7, 11) is 0. The molecule has 0 fully saturated rings. The summed E-state index contributed by atoms with van der Waals surface area (Å²) in [5.41, 5.74) is 5.34. The van der Waals surface area contributed by atoms with E-state index in [4.69, 9.17) is 5.73 Å². The highest BCUT2D eigenvalue weighted by Crippen LogP contribution is 2.03. The van der Waals surface area contributed by atoms with E-state index in [0.29, 0.717) is 12.5 Å². The van der Waals surface area contributed by atoms with E-state index in [-0.39, 0.29) is 5.97 Å². The van der Waals surface area contributed by atoms with Crippen molar-refractivity contribution in [1.29, 1.82) is 0 Å². The van der Waals surface area contributed by atoms with Gasteiger partial charge in [0, 0.05) is 6.92 Å². The summed E-state index contributed by atoms with van der Waals surface area (Å²) < 4.78 is 4.66. The average Bonchev–Trinajstić information content (AvgIpc) is 2.27. The summed E-state index contributed by atoms with van der Waals surface area (Å²) >= 11 is 0. The fourth-order valence-corrected chi connectivity index (χ4v) is 1.21. The molecule has 0 aromatic heterocycles. The van der Waals surface area contributed by atoms with E-state index in [0.717, 1.165) is 6.54 Å². The van der Waals surface area contributed by atoms with E-state index in [9.17, 15) is 4.79 Å². The van der Waals surface area contributed by atoms with Gasteiger partial charge in [-0.2, -0.15) is 0 Å². The molecule has 0 spiro atoms. The Morgan fingerprint density at radius 1 is 1.12 bits per heavy atom. The first kappa shape index (κ1) is 18.8. The molecule has 0 aromatic rings. The molecule has 17 heavy (non-hydrogen) atoms. The highest BCUT2D eigenvalue weighted by molar-refractivity contribution is 5.65. The van der Waals surface area contributed by atoms with Gasteiger partial charge < -0.3 is 10.5 Å². The predicted molar refractivity (Wildman–Crippen MR) is 73.9 cm³/mol. The molecule has 104 valence electrons. The van der Waals surface area contributed by atoms with Crippen LogP contribution in [-0.4, -0.2) is 19.1 Å². The molecule has 0 aliphatic carbocycles. The van der Waals surface area contributed by atoms with Crippen molar-refractivity contribution in [1.82, 2.24) is 0 Å². The van der Waals surface area contributed by atoms with Gasteiger partial charge >= 0.3 is 5.97 Å². The molecule has 0 aliphatic heterocycles. The van der Waals surface area contributed by atoms with Crippen LogP contribution in [-0.2, 0) is 9.53 Å². The maximum Gasteiger partial charge on any atom is 0.302 e. The lowest BCUT2D eigenvalue weighted by Gasteiger charge is -2.02. The molecule has 0 unspecified atom stereocenters. The van der Waals surface area contributed by atoms with Crippen molar-refractivity contribution >= 4 is 5.97 Å². The van der Waals surface area contributed by atoms with Gasteiger partial charge in [-0.1, -0.05) is 52.9 Å². The molecule has 0 saturated carbocycles. The highest BCUT2D eigenvalue weighted by Gasteiger charge is 1.94. The van der Waals surface area contributed by atoms with Crippen LogP contribution in [0.25, 0.3) is 0 Å². The zero-order valence-electron chi connectivity index (χ0n) is 12.1. The van der Waals surface area contributed by atoms with Crippen molar-refractivity contribution in [3.63, 3.8) is 0 Å². The molecule has 0 saturated heterocycles. The second-order valence-electron chi connectivity index (χ2n) is 4.75. The van der Waals surface area contributed by atoms with Crippen LogP contribution in [0.15, 0.2) is 0 Å². The Labute approximate surface area is 107 Å². The number of hydrogen-bond acceptors (Lipinski definition) is 3. The predicted octanol–water partition coefficient (Wildman–Crippen LogP) is 3.51. The quantitative estimate of drug-likeness (QED) is 0.526. The zero-order valence-corrected chi connectivity index (χ0v) is 12.1. The number of carbonyl (C=O) groups excluding carboxylic acids is 1. The smallest absolute Gasteiger partial charge is 0.302 e. The summed E-state index contributed by atoms with van der Waals surface area (Å²) in [6.07, 6.45) is 8.05. The van der Waals surface area contributed by atoms with Crippen LogP contribution in [0.5, 0.6) is 0 Å². The van der Waals surface area contributed by atoms with Crippen LogP contribution >= 0.6 is 0 Å². The molecule has 0 radical (unpaired) electrons. The van der Waals surface area contributed by atoms with Gasteiger partial charge in [0.25, 0.3) is 0 Å². The minimum Gasteiger partial charge on any atom is -0.466 e. The van der Waals surface area contributed by atoms with Crippen LogP contribution in [0.4, 0.5) is 0 Å². The molecule has 0 atom stereocenters. The van der Waals surface area contributed by atoms with Gasteiger partial charge in [0.15, 0.2) is 0 Å². The minimum absolute atomic E-state index is 0.196. The maximum absolute atomic E-state index is 10.1. The van der Waals surface area contributed by atoms with E-state index < -0.39 is 0 Å². The Kier molecular flexibility index (Phi) is 17.1. The topological polar surface area (TPSA) is 52.3 Å². The van der Waals surface area contributed by atoms with Gasteiger partial charge in [-0.25, -0.2) is 0 Å². The monoisotopic (exact) mass is 245 g/mol. The SMILES string of the molecule is CC(=O)OCC(C)C.CCCCCCCCN. The average molecular weight is 245 g/mol. The highest BCUT2D eigenvalue weighted by atomic mass is 16.5. The molecule has 3 heteroatoms. The van der Waals surface area contributed by atoms with Crippen molar-refractivity contribution in [2.45, 2.75) is 66.2 Å². The molecule has 0 amide bonds. The third-order valence-corrected chi connectivity index (χ3v) is 2.18. The van der Waals surface area contributed by atoms with Crippen molar-refractivity contribution < 1.29 is 9.53 Å². The molecular formula is C14H31NO2. The first-order chi connectivity index (χ1) is 8.04. The van der Waals surface area contributed by atoms with Crippen LogP contribution in [0, 0.1) is 5.92 Å². The number of ether oxygens (including phenoxy) is 1. The summed E-state index contributed by atoms with van der Waals surface area (Å²) in [6, 6.07) is 0. The Morgan fingerprint density at radius 2 is 1.65 bits per heavy atom. The molecule has 0 rings (SSSR count). The lowest BCUT2D eigenvalue weighted by molar-refractivity contribution is -0.141. The van der Waals surface area contributed by atoms with Crippen molar-refractivity contribution in [2.24, 2.45) is 11.7 Å². The summed E-state index contributed by atoms with van der Waals surface area (Å²) in [5.74, 6) is 0.248. The summed E-state index contributed by atoms with van der Waals surface area (Å²) in [5, 5.41) is 0. The normalized spacial score (nSPS) is 9.76. The fourth-order valence-electron chi connectivity index (χ4n) is 1.21. The Morgan fingerprint density at radius 3 is 2.00 bits per heavy atom. The van der Waals surface area contributed by atoms with Crippen LogP contribution in [0.3, 0.4) is 0 Å². The second kappa shape index (κ2) is 15.4. The molecule has 0 aromatic carbocycles. The van der Waals surface area contributed by atoms with Gasteiger partial charge in [0.05, 0.1) is 6.61 Å². The van der Waals surface area contributed by atoms with Crippen LogP contribution in [0.2, 0.25) is 0 Å². The van der Waals surface area contributed by atoms with E-state index >= 15 is 0 Å². The molecule has 0 bridgehead atoms. The number of hydrogen-bond donors (Lipinski definition) is 1. The van der Waals surface area contributed by atoms with E-state index in [1.807, 2.05) is 13.8 Å². The van der Waals surface area contributed by atoms with Gasteiger partial charge in [0.2, 0.25) is 0 Å². The molecular weight excluding hydrogens is 214 g/mol. The van der Waals surface area contributed by atoms with E-state index in [1.165, 1.54) is 45.4 Å². The van der Waals surface area contributed by atoms with Gasteiger partial charge in [-0.05, 0) is 18.9 Å². The first-order valence-electron chi connectivity index (χ1n) is 6.88. The molecule has 0 aliphatic rings. The van der Waals surface area contributed by atoms with Crippen LogP contribution in [0.1, 0.15) is 66.2 Å². The number of carbonyl (C=O) groups is 1. The Balaban J connectivity index is 0. The minimum atomic E-state index is -0.196. The molecule has 3 nitrogen and oxygen atoms in total. The number of unbranched alkanes of at least 4 members (excludes halogenated alkanes) is 5. The fraction of sp³-hybridized carbons (Fsp3) is 0.929. The third kappa shape index (κ3) is 25.6. The summed E-state index contributed by atoms with van der Waals surface area (Å²) in [6.45, 7) is 9.07. The lowest BCUT2D eigenvalue weighted by atomic mass is 10.1. The van der Waals surface area contributed by atoms with Crippen molar-refractivity contribution in [2.75, 3.05) is 13.2 Å². The van der Waals surface area contributed by atoms with Crippen molar-refractivity contribution in [3.8, 4) is 0 Å². The largest absolute Gasteiger partial charge is 0.466 e. The second-order valence-corrected chi connectivity index (χ2v) is 4.75. The Bertz CT molecular complexity index is 152.